The van der Waals surface area contributed by atoms with Crippen molar-refractivity contribution in [2.24, 2.45) is 7.05 Å². The minimum atomic E-state index is -0.317. The van der Waals surface area contributed by atoms with Crippen LogP contribution in [0, 0.1) is 0 Å². The number of hydrogen-bond donors (Lipinski definition) is 1. The summed E-state index contributed by atoms with van der Waals surface area (Å²) in [6, 6.07) is 21.7. The molecule has 0 bridgehead atoms. The third kappa shape index (κ3) is 4.28. The van der Waals surface area contributed by atoms with Crippen LogP contribution in [0.2, 0.25) is 0 Å². The summed E-state index contributed by atoms with van der Waals surface area (Å²) in [4.78, 5) is 4.35. The lowest BCUT2D eigenvalue weighted by Crippen LogP contribution is -2.23. The van der Waals surface area contributed by atoms with Gasteiger partial charge in [0.1, 0.15) is 5.82 Å². The predicted molar refractivity (Wildman–Crippen MR) is 98.9 cm³/mol. The predicted octanol–water partition coefficient (Wildman–Crippen LogP) is 2.64. The molecule has 0 aliphatic heterocycles. The zero-order valence-corrected chi connectivity index (χ0v) is 14.3. The summed E-state index contributed by atoms with van der Waals surface area (Å²) in [5.74, 6) is 1.08. The molecule has 2 aromatic carbocycles. The van der Waals surface area contributed by atoms with Crippen molar-refractivity contribution < 1.29 is 0 Å². The Morgan fingerprint density at radius 2 is 1.57 bits per heavy atom. The van der Waals surface area contributed by atoms with Gasteiger partial charge in [0.05, 0.1) is 6.54 Å². The van der Waals surface area contributed by atoms with Gasteiger partial charge in [-0.2, -0.15) is 0 Å². The Morgan fingerprint density at radius 3 is 2.09 bits per heavy atom. The molecule has 0 unspecified atom stereocenters. The number of aryl methyl sites for hydroxylation is 1. The molecule has 0 atom stereocenters. The monoisotopic (exact) mass is 323 g/mol. The normalized spacial score (nSPS) is 11.0. The maximum absolute atomic E-state index is 4.35. The molecule has 0 saturated heterocycles. The Kier molecular flexibility index (Phi) is 5.57. The lowest BCUT2D eigenvalue weighted by molar-refractivity contribution is 0.664. The van der Waals surface area contributed by atoms with Crippen molar-refractivity contribution in [1.29, 1.82) is 0 Å². The van der Waals surface area contributed by atoms with Crippen LogP contribution >= 0.6 is 7.92 Å². The third-order valence-corrected chi connectivity index (χ3v) is 6.37. The van der Waals surface area contributed by atoms with Crippen molar-refractivity contribution in [3.8, 4) is 0 Å². The van der Waals surface area contributed by atoms with E-state index in [0.29, 0.717) is 0 Å². The molecule has 1 heterocycles. The van der Waals surface area contributed by atoms with Gasteiger partial charge in [0.25, 0.3) is 0 Å². The highest BCUT2D eigenvalue weighted by Gasteiger charge is 2.12. The lowest BCUT2D eigenvalue weighted by atomic mass is 10.4. The summed E-state index contributed by atoms with van der Waals surface area (Å²) in [6.07, 6.45) is 4.96. The molecule has 3 nitrogen and oxygen atoms in total. The minimum Gasteiger partial charge on any atom is -0.337 e. The summed E-state index contributed by atoms with van der Waals surface area (Å²) in [5, 5.41) is 6.41. The Balaban J connectivity index is 1.64. The van der Waals surface area contributed by atoms with Gasteiger partial charge in [0.2, 0.25) is 0 Å². The van der Waals surface area contributed by atoms with Crippen molar-refractivity contribution in [1.82, 2.24) is 14.9 Å². The minimum absolute atomic E-state index is 0.317. The molecule has 0 fully saturated rings. The van der Waals surface area contributed by atoms with Crippen LogP contribution in [0.3, 0.4) is 0 Å². The van der Waals surface area contributed by atoms with Crippen LogP contribution in [-0.2, 0) is 13.6 Å². The molecule has 118 valence electrons. The quantitative estimate of drug-likeness (QED) is 0.535. The van der Waals surface area contributed by atoms with Gasteiger partial charge in [0, 0.05) is 26.0 Å². The van der Waals surface area contributed by atoms with Gasteiger partial charge in [-0.05, 0) is 24.7 Å². The summed E-state index contributed by atoms with van der Waals surface area (Å²) >= 11 is 0. The Morgan fingerprint density at radius 1 is 0.957 bits per heavy atom. The van der Waals surface area contributed by atoms with Gasteiger partial charge in [-0.25, -0.2) is 4.98 Å². The zero-order chi connectivity index (χ0) is 15.9. The van der Waals surface area contributed by atoms with Crippen LogP contribution in [-0.4, -0.2) is 22.3 Å². The average Bonchev–Trinajstić information content (AvgIpc) is 3.01. The van der Waals surface area contributed by atoms with E-state index in [4.69, 9.17) is 0 Å². The van der Waals surface area contributed by atoms with E-state index in [1.165, 1.54) is 10.6 Å². The highest BCUT2D eigenvalue weighted by molar-refractivity contribution is 7.73. The number of hydrogen-bond acceptors (Lipinski definition) is 2. The second-order valence-corrected chi connectivity index (χ2v) is 7.79. The van der Waals surface area contributed by atoms with E-state index in [0.717, 1.165) is 25.1 Å². The van der Waals surface area contributed by atoms with Crippen LogP contribution < -0.4 is 15.9 Å². The summed E-state index contributed by atoms with van der Waals surface area (Å²) in [5.41, 5.74) is 0. The number of rotatable bonds is 7. The maximum atomic E-state index is 4.35. The second-order valence-electron chi connectivity index (χ2n) is 5.45. The largest absolute Gasteiger partial charge is 0.337 e. The number of nitrogens with zero attached hydrogens (tertiary/aromatic N) is 2. The van der Waals surface area contributed by atoms with E-state index >= 15 is 0 Å². The van der Waals surface area contributed by atoms with Gasteiger partial charge in [-0.15, -0.1) is 0 Å². The molecule has 0 amide bonds. The van der Waals surface area contributed by atoms with Gasteiger partial charge in [-0.1, -0.05) is 60.7 Å². The third-order valence-electron chi connectivity index (χ3n) is 3.85. The van der Waals surface area contributed by atoms with Crippen LogP contribution in [0.1, 0.15) is 5.82 Å². The lowest BCUT2D eigenvalue weighted by Gasteiger charge is -2.19. The zero-order valence-electron chi connectivity index (χ0n) is 13.4. The average molecular weight is 323 g/mol. The molecular formula is C19H22N3P. The first-order chi connectivity index (χ1) is 11.3. The van der Waals surface area contributed by atoms with Crippen LogP contribution in [0.25, 0.3) is 0 Å². The Labute approximate surface area is 139 Å². The molecule has 0 saturated carbocycles. The van der Waals surface area contributed by atoms with Crippen molar-refractivity contribution >= 4 is 18.5 Å². The number of aromatic nitrogens is 2. The van der Waals surface area contributed by atoms with E-state index < -0.39 is 0 Å². The highest BCUT2D eigenvalue weighted by atomic mass is 31.1. The molecule has 4 heteroatoms. The molecule has 0 radical (unpaired) electrons. The van der Waals surface area contributed by atoms with Crippen molar-refractivity contribution in [2.75, 3.05) is 12.7 Å². The Bertz CT molecular complexity index is 670. The van der Waals surface area contributed by atoms with E-state index in [1.807, 2.05) is 19.4 Å². The van der Waals surface area contributed by atoms with E-state index in [-0.39, 0.29) is 7.92 Å². The molecule has 0 aliphatic carbocycles. The van der Waals surface area contributed by atoms with Crippen molar-refractivity contribution in [2.45, 2.75) is 6.54 Å². The van der Waals surface area contributed by atoms with Crippen LogP contribution in [0.15, 0.2) is 73.1 Å². The fraction of sp³-hybridized carbons (Fsp3) is 0.211. The van der Waals surface area contributed by atoms with Gasteiger partial charge in [0.15, 0.2) is 0 Å². The topological polar surface area (TPSA) is 29.9 Å². The highest BCUT2D eigenvalue weighted by Crippen LogP contribution is 2.32. The SMILES string of the molecule is Cn1ccnc1CNCCP(c1ccccc1)c1ccccc1. The molecule has 3 rings (SSSR count). The molecular weight excluding hydrogens is 301 g/mol. The van der Waals surface area contributed by atoms with Gasteiger partial charge in [-0.3, -0.25) is 0 Å². The van der Waals surface area contributed by atoms with E-state index in [2.05, 4.69) is 75.5 Å². The van der Waals surface area contributed by atoms with Crippen molar-refractivity contribution in [3.63, 3.8) is 0 Å². The number of imidazole rings is 1. The van der Waals surface area contributed by atoms with E-state index in [1.54, 1.807) is 0 Å². The van der Waals surface area contributed by atoms with Crippen LogP contribution in [0.5, 0.6) is 0 Å². The fourth-order valence-corrected chi connectivity index (χ4v) is 4.84. The van der Waals surface area contributed by atoms with Gasteiger partial charge >= 0.3 is 0 Å². The fourth-order valence-electron chi connectivity index (χ4n) is 2.58. The first-order valence-corrected chi connectivity index (χ1v) is 9.42. The molecule has 23 heavy (non-hydrogen) atoms. The maximum Gasteiger partial charge on any atom is 0.122 e. The standard InChI is InChI=1S/C19H22N3P/c1-22-14-12-21-19(22)16-20-13-15-23(17-8-4-2-5-9-17)18-10-6-3-7-11-18/h2-12,14,20H,13,15-16H2,1H3. The summed E-state index contributed by atoms with van der Waals surface area (Å²) < 4.78 is 2.06. The first kappa shape index (κ1) is 15.9. The molecule has 1 N–H and O–H groups in total. The van der Waals surface area contributed by atoms with Crippen molar-refractivity contribution in [3.05, 3.63) is 78.9 Å². The number of benzene rings is 2. The van der Waals surface area contributed by atoms with E-state index in [9.17, 15) is 0 Å². The van der Waals surface area contributed by atoms with Crippen LogP contribution in [0.4, 0.5) is 0 Å². The smallest absolute Gasteiger partial charge is 0.122 e. The molecule has 3 aromatic rings. The number of nitrogens with one attached hydrogen (secondary N) is 1. The molecule has 0 spiro atoms. The molecule has 0 aliphatic rings. The summed E-state index contributed by atoms with van der Waals surface area (Å²) in [7, 11) is 1.72. The van der Waals surface area contributed by atoms with Gasteiger partial charge < -0.3 is 9.88 Å². The second kappa shape index (κ2) is 8.05. The Hall–Kier alpha value is -1.96. The molecule has 1 aromatic heterocycles. The first-order valence-electron chi connectivity index (χ1n) is 7.89. The summed E-state index contributed by atoms with van der Waals surface area (Å²) in [6.45, 7) is 1.80.